The molecule has 0 radical (unpaired) electrons. The van der Waals surface area contributed by atoms with E-state index in [-0.39, 0.29) is 5.75 Å². The van der Waals surface area contributed by atoms with Crippen LogP contribution in [0.2, 0.25) is 0 Å². The van der Waals surface area contributed by atoms with Gasteiger partial charge >= 0.3 is 5.69 Å². The molecule has 0 saturated carbocycles. The normalized spacial score (nSPS) is 11.5. The summed E-state index contributed by atoms with van der Waals surface area (Å²) in [5, 5.41) is 10.5. The van der Waals surface area contributed by atoms with Crippen LogP contribution in [0, 0.1) is 28.3 Å². The standard InChI is InChI=1S/C10H8FNO3/c1-3-7(2)15-9-6-4-5-8(11)10(9)12(13)14/h1,4-7H,2H3. The van der Waals surface area contributed by atoms with E-state index in [1.54, 1.807) is 0 Å². The first-order valence-electron chi connectivity index (χ1n) is 4.12. The van der Waals surface area contributed by atoms with Gasteiger partial charge in [0.25, 0.3) is 0 Å². The third kappa shape index (κ3) is 2.44. The monoisotopic (exact) mass is 209 g/mol. The SMILES string of the molecule is C#CC(C)Oc1cccc(F)c1[N+](=O)[O-]. The van der Waals surface area contributed by atoms with E-state index in [2.05, 4.69) is 5.92 Å². The van der Waals surface area contributed by atoms with Gasteiger partial charge in [0.15, 0.2) is 6.10 Å². The predicted molar refractivity (Wildman–Crippen MR) is 52.0 cm³/mol. The molecule has 0 heterocycles. The first-order valence-corrected chi connectivity index (χ1v) is 4.12. The Bertz CT molecular complexity index is 425. The van der Waals surface area contributed by atoms with Gasteiger partial charge in [-0.25, -0.2) is 0 Å². The highest BCUT2D eigenvalue weighted by Crippen LogP contribution is 2.30. The lowest BCUT2D eigenvalue weighted by Gasteiger charge is -2.08. The predicted octanol–water partition coefficient (Wildman–Crippen LogP) is 2.13. The molecule has 4 nitrogen and oxygen atoms in total. The number of hydrogen-bond donors (Lipinski definition) is 0. The van der Waals surface area contributed by atoms with E-state index in [0.29, 0.717) is 0 Å². The van der Waals surface area contributed by atoms with Crippen LogP contribution in [0.25, 0.3) is 0 Å². The average Bonchev–Trinajstić information content (AvgIpc) is 2.17. The maximum Gasteiger partial charge on any atom is 0.346 e. The van der Waals surface area contributed by atoms with Crippen molar-refractivity contribution < 1.29 is 14.1 Å². The van der Waals surface area contributed by atoms with Gasteiger partial charge in [0.2, 0.25) is 11.6 Å². The minimum Gasteiger partial charge on any atom is -0.471 e. The molecule has 0 saturated heterocycles. The molecule has 1 aromatic rings. The van der Waals surface area contributed by atoms with Gasteiger partial charge in [0.1, 0.15) is 0 Å². The number of nitro benzene ring substituents is 1. The van der Waals surface area contributed by atoms with Gasteiger partial charge in [-0.1, -0.05) is 12.0 Å². The summed E-state index contributed by atoms with van der Waals surface area (Å²) in [4.78, 5) is 9.71. The van der Waals surface area contributed by atoms with Gasteiger partial charge in [-0.3, -0.25) is 10.1 Å². The fraction of sp³-hybridized carbons (Fsp3) is 0.200. The Hall–Kier alpha value is -2.09. The molecule has 0 amide bonds. The molecular formula is C10H8FNO3. The minimum absolute atomic E-state index is 0.162. The molecule has 0 N–H and O–H groups in total. The van der Waals surface area contributed by atoms with E-state index < -0.39 is 22.5 Å². The largest absolute Gasteiger partial charge is 0.471 e. The van der Waals surface area contributed by atoms with Gasteiger partial charge in [0, 0.05) is 0 Å². The van der Waals surface area contributed by atoms with Crippen LogP contribution in [0.4, 0.5) is 10.1 Å². The highest BCUT2D eigenvalue weighted by atomic mass is 19.1. The molecule has 0 fully saturated rings. The van der Waals surface area contributed by atoms with E-state index in [9.17, 15) is 14.5 Å². The zero-order chi connectivity index (χ0) is 11.4. The van der Waals surface area contributed by atoms with Crippen molar-refractivity contribution in [3.63, 3.8) is 0 Å². The van der Waals surface area contributed by atoms with Crippen molar-refractivity contribution in [1.29, 1.82) is 0 Å². The molecule has 78 valence electrons. The maximum atomic E-state index is 13.1. The van der Waals surface area contributed by atoms with Gasteiger partial charge in [-0.2, -0.15) is 4.39 Å². The quantitative estimate of drug-likeness (QED) is 0.435. The molecule has 0 aromatic heterocycles. The highest BCUT2D eigenvalue weighted by Gasteiger charge is 2.21. The van der Waals surface area contributed by atoms with Crippen LogP contribution < -0.4 is 4.74 Å². The molecule has 1 unspecified atom stereocenters. The van der Waals surface area contributed by atoms with Crippen molar-refractivity contribution in [2.45, 2.75) is 13.0 Å². The van der Waals surface area contributed by atoms with Crippen molar-refractivity contribution in [2.75, 3.05) is 0 Å². The van der Waals surface area contributed by atoms with E-state index in [1.165, 1.54) is 19.1 Å². The molecule has 15 heavy (non-hydrogen) atoms. The Labute approximate surface area is 85.8 Å². The van der Waals surface area contributed by atoms with Crippen LogP contribution in [0.3, 0.4) is 0 Å². The van der Waals surface area contributed by atoms with Crippen molar-refractivity contribution >= 4 is 5.69 Å². The summed E-state index contributed by atoms with van der Waals surface area (Å²) in [5.74, 6) is 1.13. The molecular weight excluding hydrogens is 201 g/mol. The summed E-state index contributed by atoms with van der Waals surface area (Å²) in [6.45, 7) is 1.54. The molecule has 1 aromatic carbocycles. The van der Waals surface area contributed by atoms with Crippen LogP contribution in [0.5, 0.6) is 5.75 Å². The summed E-state index contributed by atoms with van der Waals surface area (Å²) in [7, 11) is 0. The van der Waals surface area contributed by atoms with E-state index in [4.69, 9.17) is 11.2 Å². The molecule has 0 aliphatic rings. The number of terminal acetylenes is 1. The average molecular weight is 209 g/mol. The second-order valence-electron chi connectivity index (χ2n) is 2.77. The van der Waals surface area contributed by atoms with Gasteiger partial charge < -0.3 is 4.74 Å². The van der Waals surface area contributed by atoms with Crippen LogP contribution in [-0.2, 0) is 0 Å². The number of ether oxygens (including phenoxy) is 1. The van der Waals surface area contributed by atoms with Crippen LogP contribution in [-0.4, -0.2) is 11.0 Å². The van der Waals surface area contributed by atoms with Crippen molar-refractivity contribution in [2.24, 2.45) is 0 Å². The fourth-order valence-electron chi connectivity index (χ4n) is 0.992. The van der Waals surface area contributed by atoms with Crippen LogP contribution in [0.15, 0.2) is 18.2 Å². The Balaban J connectivity index is 3.13. The number of hydrogen-bond acceptors (Lipinski definition) is 3. The van der Waals surface area contributed by atoms with Crippen molar-refractivity contribution in [1.82, 2.24) is 0 Å². The Morgan fingerprint density at radius 2 is 2.33 bits per heavy atom. The van der Waals surface area contributed by atoms with Crippen LogP contribution in [0.1, 0.15) is 6.92 Å². The first-order chi connectivity index (χ1) is 7.06. The topological polar surface area (TPSA) is 52.4 Å². The molecule has 1 atom stereocenters. The zero-order valence-electron chi connectivity index (χ0n) is 7.94. The van der Waals surface area contributed by atoms with Crippen molar-refractivity contribution in [3.8, 4) is 18.1 Å². The van der Waals surface area contributed by atoms with Crippen molar-refractivity contribution in [3.05, 3.63) is 34.1 Å². The molecule has 0 aliphatic heterocycles. The second kappa shape index (κ2) is 4.42. The molecule has 0 aliphatic carbocycles. The summed E-state index contributed by atoms with van der Waals surface area (Å²) >= 11 is 0. The smallest absolute Gasteiger partial charge is 0.346 e. The summed E-state index contributed by atoms with van der Waals surface area (Å²) in [5.41, 5.74) is -0.695. The number of nitrogens with zero attached hydrogens (tertiary/aromatic N) is 1. The number of nitro groups is 1. The second-order valence-corrected chi connectivity index (χ2v) is 2.77. The van der Waals surface area contributed by atoms with Crippen LogP contribution >= 0.6 is 0 Å². The Kier molecular flexibility index (Phi) is 3.24. The fourth-order valence-corrected chi connectivity index (χ4v) is 0.992. The highest BCUT2D eigenvalue weighted by molar-refractivity contribution is 5.47. The molecule has 5 heteroatoms. The number of halogens is 1. The lowest BCUT2D eigenvalue weighted by atomic mass is 10.3. The van der Waals surface area contributed by atoms with E-state index in [0.717, 1.165) is 6.07 Å². The zero-order valence-corrected chi connectivity index (χ0v) is 7.94. The van der Waals surface area contributed by atoms with Gasteiger partial charge in [-0.05, 0) is 19.1 Å². The summed E-state index contributed by atoms with van der Waals surface area (Å²) < 4.78 is 18.1. The maximum absolute atomic E-state index is 13.1. The minimum atomic E-state index is -0.943. The third-order valence-electron chi connectivity index (χ3n) is 1.67. The first kappa shape index (κ1) is 11.0. The van der Waals surface area contributed by atoms with E-state index >= 15 is 0 Å². The molecule has 0 bridgehead atoms. The lowest BCUT2D eigenvalue weighted by Crippen LogP contribution is -2.10. The van der Waals surface area contributed by atoms with Gasteiger partial charge in [-0.15, -0.1) is 6.42 Å². The summed E-state index contributed by atoms with van der Waals surface area (Å²) in [6.07, 6.45) is 4.40. The third-order valence-corrected chi connectivity index (χ3v) is 1.67. The number of para-hydroxylation sites is 1. The molecule has 0 spiro atoms. The summed E-state index contributed by atoms with van der Waals surface area (Å²) in [6, 6.07) is 3.61. The molecule has 1 rings (SSSR count). The van der Waals surface area contributed by atoms with Gasteiger partial charge in [0.05, 0.1) is 4.92 Å². The Morgan fingerprint density at radius 1 is 1.67 bits per heavy atom. The lowest BCUT2D eigenvalue weighted by molar-refractivity contribution is -0.388. The number of rotatable bonds is 3. The van der Waals surface area contributed by atoms with E-state index in [1.807, 2.05) is 0 Å². The Morgan fingerprint density at radius 3 is 2.87 bits per heavy atom. The number of benzene rings is 1.